The normalized spacial score (nSPS) is 9.83. The summed E-state index contributed by atoms with van der Waals surface area (Å²) in [6, 6.07) is 5.09. The van der Waals surface area contributed by atoms with Gasteiger partial charge in [0.05, 0.1) is 12.1 Å². The van der Waals surface area contributed by atoms with Crippen LogP contribution in [-0.2, 0) is 9.53 Å². The molecule has 0 spiro atoms. The van der Waals surface area contributed by atoms with Crippen LogP contribution in [0.1, 0.15) is 18.9 Å². The van der Waals surface area contributed by atoms with Gasteiger partial charge in [0.1, 0.15) is 6.42 Å². The highest BCUT2D eigenvalue weighted by atomic mass is 16.5. The van der Waals surface area contributed by atoms with Crippen LogP contribution >= 0.6 is 0 Å². The highest BCUT2D eigenvalue weighted by molar-refractivity contribution is 5.75. The minimum atomic E-state index is -0.498. The summed E-state index contributed by atoms with van der Waals surface area (Å²) in [6.45, 7) is 2.09. The first-order chi connectivity index (χ1) is 8.69. The van der Waals surface area contributed by atoms with Gasteiger partial charge in [-0.15, -0.1) is 0 Å². The smallest absolute Gasteiger partial charge is 0.417 e. The van der Waals surface area contributed by atoms with Gasteiger partial charge in [0.2, 0.25) is 0 Å². The molecule has 1 aromatic heterocycles. The van der Waals surface area contributed by atoms with Crippen molar-refractivity contribution in [3.05, 3.63) is 34.3 Å². The van der Waals surface area contributed by atoms with Gasteiger partial charge in [-0.05, 0) is 25.1 Å². The summed E-state index contributed by atoms with van der Waals surface area (Å²) in [7, 11) is 0. The Morgan fingerprint density at radius 3 is 3.11 bits per heavy atom. The van der Waals surface area contributed by atoms with Crippen LogP contribution in [0.25, 0.3) is 11.1 Å². The minimum Gasteiger partial charge on any atom is -0.465 e. The predicted molar refractivity (Wildman–Crippen MR) is 65.0 cm³/mol. The average Bonchev–Trinajstić information content (AvgIpc) is 2.69. The Morgan fingerprint density at radius 1 is 1.50 bits per heavy atom. The van der Waals surface area contributed by atoms with Crippen molar-refractivity contribution in [2.75, 3.05) is 6.61 Å². The number of carbonyl (C=O) groups excluding carboxylic acids is 1. The van der Waals surface area contributed by atoms with Gasteiger partial charge < -0.3 is 9.15 Å². The van der Waals surface area contributed by atoms with Gasteiger partial charge in [-0.2, -0.15) is 0 Å². The second-order valence-corrected chi connectivity index (χ2v) is 3.51. The van der Waals surface area contributed by atoms with Gasteiger partial charge >= 0.3 is 11.7 Å². The molecule has 0 unspecified atom stereocenters. The summed E-state index contributed by atoms with van der Waals surface area (Å²) in [5, 5.41) is 0. The molecule has 1 heterocycles. The summed E-state index contributed by atoms with van der Waals surface area (Å²) in [5.41, 5.74) is 1.74. The largest absolute Gasteiger partial charge is 0.465 e. The lowest BCUT2D eigenvalue weighted by molar-refractivity contribution is -0.141. The number of hydrogen-bond acceptors (Lipinski definition) is 4. The SMILES string of the molecule is CCOC(=O)CC#Cc1ccc2[nH]c(=O)oc2c1. The number of carbonyl (C=O) groups is 1. The van der Waals surface area contributed by atoms with Crippen molar-refractivity contribution >= 4 is 17.1 Å². The summed E-state index contributed by atoms with van der Waals surface area (Å²) < 4.78 is 9.65. The van der Waals surface area contributed by atoms with E-state index in [0.717, 1.165) is 0 Å². The molecule has 5 heteroatoms. The van der Waals surface area contributed by atoms with Crippen LogP contribution < -0.4 is 5.76 Å². The van der Waals surface area contributed by atoms with E-state index in [1.165, 1.54) is 0 Å². The molecule has 0 aliphatic rings. The van der Waals surface area contributed by atoms with E-state index in [1.807, 2.05) is 0 Å². The fourth-order valence-electron chi connectivity index (χ4n) is 1.45. The van der Waals surface area contributed by atoms with Crippen LogP contribution in [0.2, 0.25) is 0 Å². The molecule has 0 fully saturated rings. The molecule has 92 valence electrons. The third-order valence-corrected chi connectivity index (χ3v) is 2.19. The molecule has 0 saturated heterocycles. The Labute approximate surface area is 103 Å². The quantitative estimate of drug-likeness (QED) is 0.641. The predicted octanol–water partition coefficient (Wildman–Crippen LogP) is 1.43. The van der Waals surface area contributed by atoms with Crippen LogP contribution in [0.15, 0.2) is 27.4 Å². The molecule has 1 N–H and O–H groups in total. The Morgan fingerprint density at radius 2 is 2.33 bits per heavy atom. The lowest BCUT2D eigenvalue weighted by Gasteiger charge is -1.94. The van der Waals surface area contributed by atoms with Crippen molar-refractivity contribution in [3.63, 3.8) is 0 Å². The molecule has 0 amide bonds. The average molecular weight is 245 g/mol. The maximum Gasteiger partial charge on any atom is 0.417 e. The maximum atomic E-state index is 11.1. The molecule has 0 bridgehead atoms. The Bertz CT molecular complexity index is 684. The van der Waals surface area contributed by atoms with Crippen molar-refractivity contribution in [3.8, 4) is 11.8 Å². The molecule has 2 rings (SSSR count). The van der Waals surface area contributed by atoms with Crippen LogP contribution in [0, 0.1) is 11.8 Å². The summed E-state index contributed by atoms with van der Waals surface area (Å²) in [5.74, 6) is 4.67. The van der Waals surface area contributed by atoms with Crippen LogP contribution in [0.4, 0.5) is 0 Å². The van der Waals surface area contributed by atoms with E-state index in [0.29, 0.717) is 23.3 Å². The first-order valence-corrected chi connectivity index (χ1v) is 5.46. The third-order valence-electron chi connectivity index (χ3n) is 2.19. The van der Waals surface area contributed by atoms with E-state index in [2.05, 4.69) is 16.8 Å². The van der Waals surface area contributed by atoms with Crippen molar-refractivity contribution in [2.24, 2.45) is 0 Å². The van der Waals surface area contributed by atoms with Gasteiger partial charge in [0.15, 0.2) is 5.58 Å². The molecule has 5 nitrogen and oxygen atoms in total. The maximum absolute atomic E-state index is 11.1. The number of esters is 1. The topological polar surface area (TPSA) is 72.3 Å². The van der Waals surface area contributed by atoms with E-state index in [-0.39, 0.29) is 12.4 Å². The zero-order chi connectivity index (χ0) is 13.0. The molecule has 2 aromatic rings. The van der Waals surface area contributed by atoms with Crippen LogP contribution in [0.5, 0.6) is 0 Å². The summed E-state index contributed by atoms with van der Waals surface area (Å²) in [6.07, 6.45) is 0.0446. The number of nitrogens with one attached hydrogen (secondary N) is 1. The standard InChI is InChI=1S/C13H11NO4/c1-2-17-12(15)5-3-4-9-6-7-10-11(8-9)18-13(16)14-10/h6-8H,2,5H2,1H3,(H,14,16). The first-order valence-electron chi connectivity index (χ1n) is 5.46. The molecule has 0 atom stereocenters. The molecule has 0 radical (unpaired) electrons. The summed E-state index contributed by atoms with van der Waals surface area (Å²) in [4.78, 5) is 24.5. The van der Waals surface area contributed by atoms with Crippen molar-refractivity contribution in [1.82, 2.24) is 4.98 Å². The molecular formula is C13H11NO4. The second kappa shape index (κ2) is 5.23. The highest BCUT2D eigenvalue weighted by Gasteiger charge is 2.00. The number of H-pyrrole nitrogens is 1. The third kappa shape index (κ3) is 2.80. The highest BCUT2D eigenvalue weighted by Crippen LogP contribution is 2.11. The van der Waals surface area contributed by atoms with Crippen molar-refractivity contribution in [2.45, 2.75) is 13.3 Å². The Balaban J connectivity index is 2.14. The zero-order valence-electron chi connectivity index (χ0n) is 9.78. The van der Waals surface area contributed by atoms with Gasteiger partial charge in [0.25, 0.3) is 0 Å². The first kappa shape index (κ1) is 12.0. The summed E-state index contributed by atoms with van der Waals surface area (Å²) >= 11 is 0. The monoisotopic (exact) mass is 245 g/mol. The minimum absolute atomic E-state index is 0.0446. The van der Waals surface area contributed by atoms with E-state index >= 15 is 0 Å². The number of benzene rings is 1. The lowest BCUT2D eigenvalue weighted by Crippen LogP contribution is -2.01. The second-order valence-electron chi connectivity index (χ2n) is 3.51. The number of fused-ring (bicyclic) bond motifs is 1. The van der Waals surface area contributed by atoms with Crippen molar-refractivity contribution in [1.29, 1.82) is 0 Å². The Kier molecular flexibility index (Phi) is 3.49. The molecular weight excluding hydrogens is 234 g/mol. The molecule has 0 saturated carbocycles. The van der Waals surface area contributed by atoms with E-state index < -0.39 is 5.76 Å². The molecule has 1 aromatic carbocycles. The fraction of sp³-hybridized carbons (Fsp3) is 0.231. The number of aromatic nitrogens is 1. The molecule has 0 aliphatic heterocycles. The fourth-order valence-corrected chi connectivity index (χ4v) is 1.45. The molecule has 18 heavy (non-hydrogen) atoms. The van der Waals surface area contributed by atoms with Crippen LogP contribution in [-0.4, -0.2) is 17.6 Å². The van der Waals surface area contributed by atoms with Gasteiger partial charge in [-0.3, -0.25) is 9.78 Å². The van der Waals surface area contributed by atoms with Crippen molar-refractivity contribution < 1.29 is 13.9 Å². The number of aromatic amines is 1. The zero-order valence-corrected chi connectivity index (χ0v) is 9.78. The number of oxazole rings is 1. The van der Waals surface area contributed by atoms with E-state index in [4.69, 9.17) is 9.15 Å². The Hall–Kier alpha value is -2.48. The lowest BCUT2D eigenvalue weighted by atomic mass is 10.2. The number of hydrogen-bond donors (Lipinski definition) is 1. The van der Waals surface area contributed by atoms with Gasteiger partial charge in [0, 0.05) is 5.56 Å². The van der Waals surface area contributed by atoms with Crippen LogP contribution in [0.3, 0.4) is 0 Å². The van der Waals surface area contributed by atoms with Gasteiger partial charge in [-0.1, -0.05) is 11.8 Å². The van der Waals surface area contributed by atoms with E-state index in [1.54, 1.807) is 25.1 Å². The van der Waals surface area contributed by atoms with Gasteiger partial charge in [-0.25, -0.2) is 4.79 Å². The van der Waals surface area contributed by atoms with E-state index in [9.17, 15) is 9.59 Å². The number of rotatable bonds is 2. The number of ether oxygens (including phenoxy) is 1. The molecule has 0 aliphatic carbocycles.